The molecule has 0 saturated heterocycles. The van der Waals surface area contributed by atoms with E-state index in [1.165, 1.54) is 13.4 Å². The number of ether oxygens (including phenoxy) is 1. The van der Waals surface area contributed by atoms with Crippen molar-refractivity contribution in [3.8, 4) is 5.75 Å². The van der Waals surface area contributed by atoms with Crippen molar-refractivity contribution in [1.82, 2.24) is 9.97 Å². The van der Waals surface area contributed by atoms with Gasteiger partial charge >= 0.3 is 0 Å². The molecule has 1 aromatic rings. The second-order valence-corrected chi connectivity index (χ2v) is 4.11. The number of methoxy groups -OCH3 is 1. The van der Waals surface area contributed by atoms with Crippen molar-refractivity contribution in [2.24, 2.45) is 0 Å². The Morgan fingerprint density at radius 2 is 2.25 bits per heavy atom. The molecule has 1 aromatic heterocycles. The fraction of sp³-hybridized carbons (Fsp3) is 0.600. The quantitative estimate of drug-likeness (QED) is 0.773. The minimum atomic E-state index is -0.789. The molecule has 6 heteroatoms. The van der Waals surface area contributed by atoms with Crippen LogP contribution in [0.1, 0.15) is 20.3 Å². The van der Waals surface area contributed by atoms with Gasteiger partial charge in [-0.2, -0.15) is 0 Å². The molecule has 0 fully saturated rings. The highest BCUT2D eigenvalue weighted by atomic mass is 35.5. The Labute approximate surface area is 99.8 Å². The van der Waals surface area contributed by atoms with Crippen LogP contribution in [0.2, 0.25) is 5.15 Å². The van der Waals surface area contributed by atoms with Crippen LogP contribution in [0, 0.1) is 0 Å². The summed E-state index contributed by atoms with van der Waals surface area (Å²) in [5.74, 6) is 0.868. The zero-order valence-corrected chi connectivity index (χ0v) is 10.4. The summed E-state index contributed by atoms with van der Waals surface area (Å²) in [5.41, 5.74) is -0.789. The van der Waals surface area contributed by atoms with Crippen LogP contribution in [0.4, 0.5) is 5.82 Å². The van der Waals surface area contributed by atoms with Crippen molar-refractivity contribution in [1.29, 1.82) is 0 Å². The summed E-state index contributed by atoms with van der Waals surface area (Å²) >= 11 is 5.83. The summed E-state index contributed by atoms with van der Waals surface area (Å²) in [6.45, 7) is 4.02. The van der Waals surface area contributed by atoms with Gasteiger partial charge in [0.2, 0.25) is 0 Å². The van der Waals surface area contributed by atoms with Crippen LogP contribution >= 0.6 is 11.6 Å². The molecule has 1 atom stereocenters. The Kier molecular flexibility index (Phi) is 4.32. The van der Waals surface area contributed by atoms with Crippen LogP contribution in [0.3, 0.4) is 0 Å². The van der Waals surface area contributed by atoms with Crippen molar-refractivity contribution >= 4 is 17.4 Å². The van der Waals surface area contributed by atoms with Gasteiger partial charge in [-0.25, -0.2) is 9.97 Å². The third-order valence-electron chi connectivity index (χ3n) is 2.36. The van der Waals surface area contributed by atoms with Crippen molar-refractivity contribution in [2.75, 3.05) is 19.0 Å². The van der Waals surface area contributed by atoms with E-state index < -0.39 is 5.60 Å². The highest BCUT2D eigenvalue weighted by Crippen LogP contribution is 2.28. The van der Waals surface area contributed by atoms with Gasteiger partial charge in [-0.3, -0.25) is 0 Å². The minimum Gasteiger partial charge on any atom is -0.490 e. The van der Waals surface area contributed by atoms with Gasteiger partial charge in [0.25, 0.3) is 0 Å². The van der Waals surface area contributed by atoms with Gasteiger partial charge in [-0.15, -0.1) is 0 Å². The lowest BCUT2D eigenvalue weighted by atomic mass is 10.0. The predicted molar refractivity (Wildman–Crippen MR) is 63.0 cm³/mol. The lowest BCUT2D eigenvalue weighted by molar-refractivity contribution is 0.0696. The number of aliphatic hydroxyl groups is 1. The summed E-state index contributed by atoms with van der Waals surface area (Å²) in [4.78, 5) is 7.81. The number of aromatic nitrogens is 2. The molecule has 0 bridgehead atoms. The van der Waals surface area contributed by atoms with Crippen molar-refractivity contribution in [3.05, 3.63) is 11.5 Å². The van der Waals surface area contributed by atoms with E-state index in [9.17, 15) is 5.11 Å². The maximum atomic E-state index is 9.84. The van der Waals surface area contributed by atoms with Crippen molar-refractivity contribution in [2.45, 2.75) is 25.9 Å². The molecule has 0 aliphatic carbocycles. The first-order valence-corrected chi connectivity index (χ1v) is 5.38. The van der Waals surface area contributed by atoms with E-state index in [2.05, 4.69) is 15.3 Å². The molecule has 1 heterocycles. The molecule has 0 radical (unpaired) electrons. The monoisotopic (exact) mass is 245 g/mol. The van der Waals surface area contributed by atoms with Crippen molar-refractivity contribution in [3.63, 3.8) is 0 Å². The van der Waals surface area contributed by atoms with E-state index in [-0.39, 0.29) is 5.15 Å². The van der Waals surface area contributed by atoms with Crippen LogP contribution in [0.15, 0.2) is 6.33 Å². The topological polar surface area (TPSA) is 67.3 Å². The zero-order chi connectivity index (χ0) is 12.2. The fourth-order valence-electron chi connectivity index (χ4n) is 1.06. The Hall–Kier alpha value is -1.07. The van der Waals surface area contributed by atoms with Gasteiger partial charge in [-0.1, -0.05) is 18.5 Å². The largest absolute Gasteiger partial charge is 0.490 e. The number of halogens is 1. The second kappa shape index (κ2) is 5.32. The summed E-state index contributed by atoms with van der Waals surface area (Å²) in [6, 6.07) is 0. The summed E-state index contributed by atoms with van der Waals surface area (Å²) in [6.07, 6.45) is 1.98. The number of hydrogen-bond acceptors (Lipinski definition) is 5. The van der Waals surface area contributed by atoms with Gasteiger partial charge < -0.3 is 15.2 Å². The number of rotatable bonds is 5. The molecule has 0 aliphatic heterocycles. The average molecular weight is 246 g/mol. The predicted octanol–water partition coefficient (Wildman–Crippen LogP) is 1.71. The molecule has 0 saturated carbocycles. The molecule has 0 aromatic carbocycles. The van der Waals surface area contributed by atoms with E-state index >= 15 is 0 Å². The number of hydrogen-bond donors (Lipinski definition) is 2. The lowest BCUT2D eigenvalue weighted by Crippen LogP contribution is -2.32. The molecule has 0 amide bonds. The minimum absolute atomic E-state index is 0.246. The highest BCUT2D eigenvalue weighted by molar-refractivity contribution is 6.31. The summed E-state index contributed by atoms with van der Waals surface area (Å²) in [5, 5.41) is 13.1. The molecule has 0 aliphatic rings. The molecule has 1 rings (SSSR count). The number of nitrogens with one attached hydrogen (secondary N) is 1. The second-order valence-electron chi connectivity index (χ2n) is 3.75. The number of anilines is 1. The molecular weight excluding hydrogens is 230 g/mol. The van der Waals surface area contributed by atoms with Crippen LogP contribution in [-0.4, -0.2) is 34.3 Å². The molecule has 5 nitrogen and oxygen atoms in total. The molecule has 0 spiro atoms. The molecular formula is C10H16ClN3O2. The summed E-state index contributed by atoms with van der Waals surface area (Å²) in [7, 11) is 1.49. The Morgan fingerprint density at radius 1 is 1.56 bits per heavy atom. The first kappa shape index (κ1) is 13.0. The Bertz CT molecular complexity index is 358. The molecule has 2 N–H and O–H groups in total. The van der Waals surface area contributed by atoms with E-state index in [4.69, 9.17) is 16.3 Å². The van der Waals surface area contributed by atoms with Crippen LogP contribution in [0.5, 0.6) is 5.75 Å². The fourth-order valence-corrected chi connectivity index (χ4v) is 1.27. The zero-order valence-electron chi connectivity index (χ0n) is 9.62. The van der Waals surface area contributed by atoms with E-state index in [1.54, 1.807) is 6.92 Å². The van der Waals surface area contributed by atoms with Gasteiger partial charge in [0.05, 0.1) is 12.7 Å². The standard InChI is InChI=1S/C10H16ClN3O2/c1-4-10(2,15)5-12-9-7(16-3)8(11)13-6-14-9/h6,15H,4-5H2,1-3H3,(H,12,13,14). The first-order valence-electron chi connectivity index (χ1n) is 5.01. The number of nitrogens with zero attached hydrogens (tertiary/aromatic N) is 2. The van der Waals surface area contributed by atoms with Gasteiger partial charge in [0.15, 0.2) is 16.7 Å². The third kappa shape index (κ3) is 3.21. The average Bonchev–Trinajstić information content (AvgIpc) is 2.26. The Balaban J connectivity index is 2.78. The van der Waals surface area contributed by atoms with E-state index in [1.807, 2.05) is 6.92 Å². The van der Waals surface area contributed by atoms with E-state index in [0.29, 0.717) is 24.5 Å². The van der Waals surface area contributed by atoms with E-state index in [0.717, 1.165) is 0 Å². The maximum Gasteiger partial charge on any atom is 0.198 e. The third-order valence-corrected chi connectivity index (χ3v) is 2.63. The summed E-state index contributed by atoms with van der Waals surface area (Å²) < 4.78 is 5.07. The van der Waals surface area contributed by atoms with Gasteiger partial charge in [0, 0.05) is 6.54 Å². The van der Waals surface area contributed by atoms with Crippen LogP contribution < -0.4 is 10.1 Å². The van der Waals surface area contributed by atoms with Crippen LogP contribution in [-0.2, 0) is 0 Å². The maximum absolute atomic E-state index is 9.84. The smallest absolute Gasteiger partial charge is 0.198 e. The molecule has 1 unspecified atom stereocenters. The molecule has 90 valence electrons. The SMILES string of the molecule is CCC(C)(O)CNc1ncnc(Cl)c1OC. The highest BCUT2D eigenvalue weighted by Gasteiger charge is 2.19. The van der Waals surface area contributed by atoms with Crippen LogP contribution in [0.25, 0.3) is 0 Å². The van der Waals surface area contributed by atoms with Gasteiger partial charge in [0.1, 0.15) is 6.33 Å². The first-order chi connectivity index (χ1) is 7.50. The lowest BCUT2D eigenvalue weighted by Gasteiger charge is -2.22. The molecule has 16 heavy (non-hydrogen) atoms. The normalized spacial score (nSPS) is 14.3. The Morgan fingerprint density at radius 3 is 2.81 bits per heavy atom. The van der Waals surface area contributed by atoms with Gasteiger partial charge in [-0.05, 0) is 13.3 Å². The van der Waals surface area contributed by atoms with Crippen molar-refractivity contribution < 1.29 is 9.84 Å².